The van der Waals surface area contributed by atoms with Crippen molar-refractivity contribution in [1.29, 1.82) is 0 Å². The predicted octanol–water partition coefficient (Wildman–Crippen LogP) is 2.84. The minimum atomic E-state index is -0.775. The molecule has 90 valence electrons. The summed E-state index contributed by atoms with van der Waals surface area (Å²) in [5, 5.41) is 13.4. The fourth-order valence-corrected chi connectivity index (χ4v) is 1.44. The minimum absolute atomic E-state index is 0.433. The molecule has 0 atom stereocenters. The lowest BCUT2D eigenvalue weighted by molar-refractivity contribution is 0.0945. The molecule has 0 heterocycles. The van der Waals surface area contributed by atoms with E-state index >= 15 is 0 Å². The molecule has 0 aromatic heterocycles. The normalized spacial score (nSPS) is 11.4. The van der Waals surface area contributed by atoms with Crippen molar-refractivity contribution < 1.29 is 9.84 Å². The number of methoxy groups -OCH3 is 1. The number of benzene rings is 1. The molecule has 2 N–H and O–H groups in total. The lowest BCUT2D eigenvalue weighted by Gasteiger charge is -2.20. The Morgan fingerprint density at radius 1 is 1.44 bits per heavy atom. The summed E-state index contributed by atoms with van der Waals surface area (Å²) in [5.41, 5.74) is 0.982. The standard InChI is InChI=1S/C12H18ClNO2/c1-8-5-11(16-4)10(6-9(8)13)14-7-12(2,3)15/h5-6,14-15H,7H2,1-4H3. The van der Waals surface area contributed by atoms with Crippen LogP contribution in [-0.2, 0) is 0 Å². The average Bonchev–Trinajstić information content (AvgIpc) is 2.18. The molecule has 0 aliphatic carbocycles. The summed E-state index contributed by atoms with van der Waals surface area (Å²) in [7, 11) is 1.61. The van der Waals surface area contributed by atoms with E-state index in [-0.39, 0.29) is 0 Å². The van der Waals surface area contributed by atoms with Gasteiger partial charge in [0.15, 0.2) is 0 Å². The lowest BCUT2D eigenvalue weighted by Crippen LogP contribution is -2.29. The van der Waals surface area contributed by atoms with Crippen LogP contribution in [0.2, 0.25) is 5.02 Å². The van der Waals surface area contributed by atoms with Gasteiger partial charge in [0.2, 0.25) is 0 Å². The van der Waals surface area contributed by atoms with Crippen LogP contribution in [0.3, 0.4) is 0 Å². The molecule has 0 fully saturated rings. The molecule has 3 nitrogen and oxygen atoms in total. The maximum Gasteiger partial charge on any atom is 0.142 e. The number of anilines is 1. The third-order valence-corrected chi connectivity index (χ3v) is 2.60. The number of aryl methyl sites for hydroxylation is 1. The number of hydrogen-bond donors (Lipinski definition) is 2. The highest BCUT2D eigenvalue weighted by Gasteiger charge is 2.14. The molecule has 4 heteroatoms. The number of hydrogen-bond acceptors (Lipinski definition) is 3. The molecule has 1 rings (SSSR count). The van der Waals surface area contributed by atoms with Crippen LogP contribution < -0.4 is 10.1 Å². The third kappa shape index (κ3) is 3.58. The lowest BCUT2D eigenvalue weighted by atomic mass is 10.1. The summed E-state index contributed by atoms with van der Waals surface area (Å²) in [6.45, 7) is 5.83. The second-order valence-corrected chi connectivity index (χ2v) is 4.87. The van der Waals surface area contributed by atoms with Gasteiger partial charge >= 0.3 is 0 Å². The van der Waals surface area contributed by atoms with Gasteiger partial charge in [-0.05, 0) is 38.5 Å². The van der Waals surface area contributed by atoms with E-state index in [1.165, 1.54) is 0 Å². The van der Waals surface area contributed by atoms with Gasteiger partial charge in [-0.2, -0.15) is 0 Å². The summed E-state index contributed by atoms with van der Waals surface area (Å²) in [5.74, 6) is 0.728. The Hall–Kier alpha value is -0.930. The van der Waals surface area contributed by atoms with Gasteiger partial charge in [0.25, 0.3) is 0 Å². The zero-order chi connectivity index (χ0) is 12.3. The highest BCUT2D eigenvalue weighted by atomic mass is 35.5. The topological polar surface area (TPSA) is 41.5 Å². The first kappa shape index (κ1) is 13.1. The summed E-state index contributed by atoms with van der Waals surface area (Å²) < 4.78 is 5.24. The first-order chi connectivity index (χ1) is 7.33. The van der Waals surface area contributed by atoms with Crippen LogP contribution in [0.4, 0.5) is 5.69 Å². The van der Waals surface area contributed by atoms with Crippen LogP contribution >= 0.6 is 11.6 Å². The van der Waals surface area contributed by atoms with Crippen molar-refractivity contribution in [2.75, 3.05) is 19.0 Å². The van der Waals surface area contributed by atoms with E-state index in [2.05, 4.69) is 5.32 Å². The smallest absolute Gasteiger partial charge is 0.142 e. The fraction of sp³-hybridized carbons (Fsp3) is 0.500. The molecule has 0 unspecified atom stereocenters. The van der Waals surface area contributed by atoms with E-state index < -0.39 is 5.60 Å². The van der Waals surface area contributed by atoms with E-state index in [9.17, 15) is 5.11 Å². The Balaban J connectivity index is 2.90. The van der Waals surface area contributed by atoms with Crippen LogP contribution in [0, 0.1) is 6.92 Å². The van der Waals surface area contributed by atoms with Crippen LogP contribution in [-0.4, -0.2) is 24.4 Å². The molecule has 1 aromatic carbocycles. The SMILES string of the molecule is COc1cc(C)c(Cl)cc1NCC(C)(C)O. The maximum atomic E-state index is 9.63. The van der Waals surface area contributed by atoms with Crippen LogP contribution in [0.25, 0.3) is 0 Å². The largest absolute Gasteiger partial charge is 0.495 e. The maximum absolute atomic E-state index is 9.63. The van der Waals surface area contributed by atoms with Gasteiger partial charge in [-0.25, -0.2) is 0 Å². The van der Waals surface area contributed by atoms with Gasteiger partial charge in [0.05, 0.1) is 18.4 Å². The zero-order valence-electron chi connectivity index (χ0n) is 10.1. The van der Waals surface area contributed by atoms with E-state index in [0.717, 1.165) is 17.0 Å². The molecule has 0 amide bonds. The summed E-state index contributed by atoms with van der Waals surface area (Å²) >= 11 is 6.03. The quantitative estimate of drug-likeness (QED) is 0.855. The van der Waals surface area contributed by atoms with Crippen molar-refractivity contribution in [3.63, 3.8) is 0 Å². The molecule has 0 aliphatic rings. The second kappa shape index (κ2) is 4.93. The van der Waals surface area contributed by atoms with Crippen LogP contribution in [0.1, 0.15) is 19.4 Å². The molecule has 0 spiro atoms. The first-order valence-electron chi connectivity index (χ1n) is 5.14. The third-order valence-electron chi connectivity index (χ3n) is 2.19. The number of ether oxygens (including phenoxy) is 1. The monoisotopic (exact) mass is 243 g/mol. The van der Waals surface area contributed by atoms with Gasteiger partial charge in [-0.3, -0.25) is 0 Å². The Morgan fingerprint density at radius 3 is 2.56 bits per heavy atom. The zero-order valence-corrected chi connectivity index (χ0v) is 10.9. The van der Waals surface area contributed by atoms with Gasteiger partial charge in [-0.1, -0.05) is 11.6 Å². The van der Waals surface area contributed by atoms with Crippen molar-refractivity contribution in [3.8, 4) is 5.75 Å². The van der Waals surface area contributed by atoms with Crippen molar-refractivity contribution in [2.45, 2.75) is 26.4 Å². The van der Waals surface area contributed by atoms with Crippen molar-refractivity contribution in [3.05, 3.63) is 22.7 Å². The molecule has 0 saturated carbocycles. The molecule has 1 aromatic rings. The second-order valence-electron chi connectivity index (χ2n) is 4.47. The van der Waals surface area contributed by atoms with E-state index in [0.29, 0.717) is 11.6 Å². The van der Waals surface area contributed by atoms with Crippen LogP contribution in [0.15, 0.2) is 12.1 Å². The Morgan fingerprint density at radius 2 is 2.06 bits per heavy atom. The fourth-order valence-electron chi connectivity index (χ4n) is 1.27. The Labute approximate surface area is 101 Å². The predicted molar refractivity (Wildman–Crippen MR) is 67.5 cm³/mol. The molecular formula is C12H18ClNO2. The van der Waals surface area contributed by atoms with E-state index in [4.69, 9.17) is 16.3 Å². The molecule has 16 heavy (non-hydrogen) atoms. The summed E-state index contributed by atoms with van der Waals surface area (Å²) in [4.78, 5) is 0. The van der Waals surface area contributed by atoms with Gasteiger partial charge in [0.1, 0.15) is 5.75 Å². The van der Waals surface area contributed by atoms with Gasteiger partial charge in [0, 0.05) is 11.6 Å². The summed E-state index contributed by atoms with van der Waals surface area (Å²) in [6, 6.07) is 3.68. The number of nitrogens with one attached hydrogen (secondary N) is 1. The van der Waals surface area contributed by atoms with E-state index in [1.54, 1.807) is 21.0 Å². The first-order valence-corrected chi connectivity index (χ1v) is 5.51. The highest BCUT2D eigenvalue weighted by Crippen LogP contribution is 2.31. The Bertz CT molecular complexity index is 372. The Kier molecular flexibility index (Phi) is 4.05. The molecule has 0 radical (unpaired) electrons. The molecular weight excluding hydrogens is 226 g/mol. The van der Waals surface area contributed by atoms with Gasteiger partial charge < -0.3 is 15.2 Å². The van der Waals surface area contributed by atoms with E-state index in [1.807, 2.05) is 19.1 Å². The summed E-state index contributed by atoms with van der Waals surface area (Å²) in [6.07, 6.45) is 0. The van der Waals surface area contributed by atoms with Crippen molar-refractivity contribution in [1.82, 2.24) is 0 Å². The van der Waals surface area contributed by atoms with Crippen molar-refractivity contribution in [2.24, 2.45) is 0 Å². The van der Waals surface area contributed by atoms with Crippen LogP contribution in [0.5, 0.6) is 5.75 Å². The number of halogens is 1. The minimum Gasteiger partial charge on any atom is -0.495 e. The number of aliphatic hydroxyl groups is 1. The number of rotatable bonds is 4. The molecule has 0 saturated heterocycles. The molecule has 0 aliphatic heterocycles. The van der Waals surface area contributed by atoms with Gasteiger partial charge in [-0.15, -0.1) is 0 Å². The average molecular weight is 244 g/mol. The van der Waals surface area contributed by atoms with Crippen molar-refractivity contribution >= 4 is 17.3 Å². The highest BCUT2D eigenvalue weighted by molar-refractivity contribution is 6.31. The molecule has 0 bridgehead atoms.